The summed E-state index contributed by atoms with van der Waals surface area (Å²) in [5.41, 5.74) is 5.30. The average molecular weight is 745 g/mol. The van der Waals surface area contributed by atoms with E-state index in [1.807, 2.05) is 51.1 Å². The maximum atomic E-state index is 14.2. The van der Waals surface area contributed by atoms with Crippen LogP contribution in [0.1, 0.15) is 119 Å². The van der Waals surface area contributed by atoms with Gasteiger partial charge in [0.25, 0.3) is 5.91 Å². The Hall–Kier alpha value is -5.38. The van der Waals surface area contributed by atoms with Crippen molar-refractivity contribution < 1.29 is 29.0 Å². The number of fused-ring (bicyclic) bond motifs is 5. The first kappa shape index (κ1) is 37.9. The molecule has 4 aromatic rings. The number of aliphatic carboxylic acids is 1. The van der Waals surface area contributed by atoms with Crippen molar-refractivity contribution >= 4 is 52.2 Å². The first-order valence-corrected chi connectivity index (χ1v) is 19.8. The lowest BCUT2D eigenvalue weighted by atomic mass is 9.81. The maximum Gasteiger partial charge on any atom is 0.414 e. The summed E-state index contributed by atoms with van der Waals surface area (Å²) in [6.45, 7) is 6.95. The summed E-state index contributed by atoms with van der Waals surface area (Å²) >= 11 is 0. The van der Waals surface area contributed by atoms with Crippen LogP contribution >= 0.6 is 0 Å². The molecule has 3 aromatic carbocycles. The van der Waals surface area contributed by atoms with E-state index in [0.29, 0.717) is 42.1 Å². The lowest BCUT2D eigenvalue weighted by Gasteiger charge is -2.29. The second-order valence-electron chi connectivity index (χ2n) is 16.3. The largest absolute Gasteiger partial charge is 0.478 e. The van der Waals surface area contributed by atoms with Crippen LogP contribution in [0.15, 0.2) is 72.8 Å². The van der Waals surface area contributed by atoms with Gasteiger partial charge in [0, 0.05) is 46.9 Å². The molecule has 7 rings (SSSR count). The molecule has 0 atom stereocenters. The number of carbonyl (C=O) groups is 4. The van der Waals surface area contributed by atoms with Gasteiger partial charge in [-0.3, -0.25) is 14.5 Å². The van der Waals surface area contributed by atoms with Crippen LogP contribution in [-0.2, 0) is 20.9 Å². The summed E-state index contributed by atoms with van der Waals surface area (Å²) in [5, 5.41) is 16.2. The fourth-order valence-electron chi connectivity index (χ4n) is 8.69. The number of hydrogen-bond acceptors (Lipinski definition) is 5. The molecule has 1 aliphatic heterocycles. The molecular weight excluding hydrogens is 693 g/mol. The van der Waals surface area contributed by atoms with Gasteiger partial charge in [0.15, 0.2) is 0 Å². The molecule has 0 unspecified atom stereocenters. The van der Waals surface area contributed by atoms with Crippen molar-refractivity contribution in [1.82, 2.24) is 9.88 Å². The molecule has 1 aromatic heterocycles. The van der Waals surface area contributed by atoms with Crippen LogP contribution < -0.4 is 15.5 Å². The van der Waals surface area contributed by atoms with E-state index in [2.05, 4.69) is 27.3 Å². The highest BCUT2D eigenvalue weighted by Gasteiger charge is 2.43. The number of para-hydroxylation sites is 1. The topological polar surface area (TPSA) is 130 Å². The van der Waals surface area contributed by atoms with Crippen LogP contribution in [0.25, 0.3) is 28.2 Å². The number of nitrogens with one attached hydrogen (secondary N) is 2. The van der Waals surface area contributed by atoms with Crippen molar-refractivity contribution in [1.29, 1.82) is 0 Å². The lowest BCUT2D eigenvalue weighted by Crippen LogP contribution is -2.55. The average Bonchev–Trinajstić information content (AvgIpc) is 3.78. The maximum absolute atomic E-state index is 14.2. The number of carboxylic acids is 1. The van der Waals surface area contributed by atoms with E-state index in [0.717, 1.165) is 79.0 Å². The van der Waals surface area contributed by atoms with Gasteiger partial charge in [-0.25, -0.2) is 9.59 Å². The molecule has 2 fully saturated rings. The zero-order valence-electron chi connectivity index (χ0n) is 32.2. The van der Waals surface area contributed by atoms with Crippen LogP contribution in [0.4, 0.5) is 16.2 Å². The molecule has 0 bridgehead atoms. The predicted octanol–water partition coefficient (Wildman–Crippen LogP) is 9.67. The van der Waals surface area contributed by atoms with Gasteiger partial charge in [0.2, 0.25) is 5.91 Å². The van der Waals surface area contributed by atoms with Crippen molar-refractivity contribution in [2.24, 2.45) is 0 Å². The van der Waals surface area contributed by atoms with E-state index >= 15 is 0 Å². The van der Waals surface area contributed by atoms with Crippen molar-refractivity contribution in [3.63, 3.8) is 0 Å². The van der Waals surface area contributed by atoms with E-state index in [1.165, 1.54) is 30.9 Å². The first-order valence-electron chi connectivity index (χ1n) is 19.8. The zero-order chi connectivity index (χ0) is 38.7. The Labute approximate surface area is 322 Å². The molecule has 2 saturated carbocycles. The van der Waals surface area contributed by atoms with Crippen LogP contribution in [0.3, 0.4) is 0 Å². The van der Waals surface area contributed by atoms with Gasteiger partial charge in [-0.05, 0) is 113 Å². The molecule has 0 spiro atoms. The van der Waals surface area contributed by atoms with E-state index in [9.17, 15) is 19.2 Å². The molecular formula is C45H52N4O6. The lowest BCUT2D eigenvalue weighted by molar-refractivity contribution is -0.131. The summed E-state index contributed by atoms with van der Waals surface area (Å²) < 4.78 is 8.30. The minimum absolute atomic E-state index is 0.261. The van der Waals surface area contributed by atoms with Crippen LogP contribution in [0.5, 0.6) is 0 Å². The van der Waals surface area contributed by atoms with Crippen LogP contribution in [-0.4, -0.2) is 51.2 Å². The second kappa shape index (κ2) is 15.8. The number of amides is 3. The fourth-order valence-corrected chi connectivity index (χ4v) is 8.69. The van der Waals surface area contributed by atoms with Gasteiger partial charge < -0.3 is 25.0 Å². The van der Waals surface area contributed by atoms with Crippen LogP contribution in [0, 0.1) is 0 Å². The van der Waals surface area contributed by atoms with E-state index in [1.54, 1.807) is 29.2 Å². The van der Waals surface area contributed by atoms with Gasteiger partial charge in [-0.2, -0.15) is 0 Å². The Kier molecular flexibility index (Phi) is 10.9. The summed E-state index contributed by atoms with van der Waals surface area (Å²) in [5.74, 6) is -1.23. The molecule has 288 valence electrons. The number of rotatable bonds is 7. The molecule has 3 aliphatic rings. The van der Waals surface area contributed by atoms with Gasteiger partial charge in [0.05, 0.1) is 11.4 Å². The minimum Gasteiger partial charge on any atom is -0.478 e. The number of aryl methyl sites for hydroxylation is 1. The van der Waals surface area contributed by atoms with Crippen molar-refractivity contribution in [2.75, 3.05) is 16.8 Å². The number of nitrogens with zero attached hydrogens (tertiary/aromatic N) is 2. The van der Waals surface area contributed by atoms with Crippen molar-refractivity contribution in [3.05, 3.63) is 89.5 Å². The molecule has 2 heterocycles. The monoisotopic (exact) mass is 744 g/mol. The summed E-state index contributed by atoms with van der Waals surface area (Å²) in [6, 6.07) is 21.1. The zero-order valence-corrected chi connectivity index (χ0v) is 32.2. The van der Waals surface area contributed by atoms with Crippen molar-refractivity contribution in [3.8, 4) is 11.3 Å². The quantitative estimate of drug-likeness (QED) is 0.162. The second-order valence-corrected chi connectivity index (χ2v) is 16.3. The third-order valence-corrected chi connectivity index (χ3v) is 11.3. The van der Waals surface area contributed by atoms with Gasteiger partial charge in [-0.15, -0.1) is 0 Å². The number of carbonyl (C=O) groups excluding carboxylic acids is 3. The Morgan fingerprint density at radius 3 is 2.27 bits per heavy atom. The number of benzene rings is 3. The molecule has 3 N–H and O–H groups in total. The predicted molar refractivity (Wildman–Crippen MR) is 216 cm³/mol. The molecule has 0 saturated heterocycles. The third-order valence-electron chi connectivity index (χ3n) is 11.3. The Balaban J connectivity index is 1.25. The normalized spacial score (nSPS) is 17.5. The van der Waals surface area contributed by atoms with Gasteiger partial charge in [-0.1, -0.05) is 68.5 Å². The fraction of sp³-hybridized carbons (Fsp3) is 0.422. The third kappa shape index (κ3) is 8.19. The molecule has 10 heteroatoms. The first-order chi connectivity index (χ1) is 26.4. The number of carboxylic acid groups (broad SMARTS) is 1. The Bertz CT molecular complexity index is 2110. The molecule has 10 nitrogen and oxygen atoms in total. The van der Waals surface area contributed by atoms with E-state index < -0.39 is 17.1 Å². The number of ether oxygens (including phenoxy) is 1. The van der Waals surface area contributed by atoms with Crippen LogP contribution in [0.2, 0.25) is 0 Å². The number of aromatic nitrogens is 1. The van der Waals surface area contributed by atoms with Crippen molar-refractivity contribution in [2.45, 2.75) is 115 Å². The van der Waals surface area contributed by atoms with Gasteiger partial charge >= 0.3 is 12.1 Å². The standard InChI is InChI=1S/C45H52N4O6/c1-44(2,3)55-43(54)49-28-12-11-27-48-37-29-32(20-23-34(37)39(31-13-5-4-6-14-31)40(48)35-15-7-8-16-36(35)49)41(52)47-45(25-9-10-26-45)42(53)46-33-21-17-30(18-22-33)19-24-38(50)51/h7-8,15-24,29,31H,4-6,9-14,25-28H2,1-3H3,(H,46,53)(H,47,52)(H,50,51). The highest BCUT2D eigenvalue weighted by Crippen LogP contribution is 2.47. The summed E-state index contributed by atoms with van der Waals surface area (Å²) in [6.07, 6.45) is 12.3. The molecule has 3 amide bonds. The van der Waals surface area contributed by atoms with E-state index in [4.69, 9.17) is 9.84 Å². The van der Waals surface area contributed by atoms with E-state index in [-0.39, 0.29) is 17.9 Å². The molecule has 0 radical (unpaired) electrons. The molecule has 55 heavy (non-hydrogen) atoms. The minimum atomic E-state index is -1.06. The highest BCUT2D eigenvalue weighted by atomic mass is 16.6. The summed E-state index contributed by atoms with van der Waals surface area (Å²) in [4.78, 5) is 54.6. The highest BCUT2D eigenvalue weighted by molar-refractivity contribution is 6.06. The number of hydrogen-bond donors (Lipinski definition) is 3. The Morgan fingerprint density at radius 1 is 0.855 bits per heavy atom. The smallest absolute Gasteiger partial charge is 0.414 e. The Morgan fingerprint density at radius 2 is 1.56 bits per heavy atom. The van der Waals surface area contributed by atoms with Gasteiger partial charge in [0.1, 0.15) is 11.1 Å². The molecule has 2 aliphatic carbocycles. The SMILES string of the molecule is CC(C)(C)OC(=O)N1CCCCn2c(c(C3CCCCC3)c3ccc(C(=O)NC4(C(=O)Nc5ccc(C=CC(=O)O)cc5)CCCC4)cc32)-c2ccccc21. The summed E-state index contributed by atoms with van der Waals surface area (Å²) in [7, 11) is 0. The number of anilines is 2.